The first-order valence-electron chi connectivity index (χ1n) is 1.56. The smallest absolute Gasteiger partial charge is 1.04 e. The van der Waals surface area contributed by atoms with Crippen LogP contribution in [0.3, 0.4) is 0 Å². The van der Waals surface area contributed by atoms with E-state index in [1.165, 1.54) is 0 Å². The van der Waals surface area contributed by atoms with Gasteiger partial charge in [-0.1, -0.05) is 0 Å². The first-order chi connectivity index (χ1) is 2.81. The molecule has 0 aliphatic carbocycles. The molecule has 0 saturated heterocycles. The minimum Gasteiger partial charge on any atom is -1.04 e. The van der Waals surface area contributed by atoms with E-state index in [0.717, 1.165) is 0 Å². The Morgan fingerprint density at radius 1 is 1.31 bits per heavy atom. The molecular weight excluding hydrogens is 924 g/mol. The van der Waals surface area contributed by atoms with Crippen molar-refractivity contribution in [3.8, 4) is 0 Å². The molecule has 8 heteroatoms. The quantitative estimate of drug-likeness (QED) is 0.292. The predicted molar refractivity (Wildman–Crippen MR) is 34.8 cm³/mol. The van der Waals surface area contributed by atoms with Crippen molar-refractivity contribution in [2.75, 3.05) is 0 Å². The molecule has 0 rings (SSSR count). The Hall–Kier alpha value is 5.14. The predicted octanol–water partition coefficient (Wildman–Crippen LogP) is 1.89. The van der Waals surface area contributed by atoms with Gasteiger partial charge in [-0.3, -0.25) is 0 Å². The summed E-state index contributed by atoms with van der Waals surface area (Å²) in [6.45, 7) is 3.40. The largest absolute Gasteiger partial charge is 3.00 e. The summed E-state index contributed by atoms with van der Waals surface area (Å²) in [6.07, 6.45) is 0.448. The van der Waals surface area contributed by atoms with E-state index in [4.69, 9.17) is 5.73 Å². The van der Waals surface area contributed by atoms with Gasteiger partial charge in [0.25, 0.3) is 0 Å². The minimum absolute atomic E-state index is 0. The van der Waals surface area contributed by atoms with Gasteiger partial charge in [-0.15, -0.1) is 0 Å². The maximum atomic E-state index is 6.71. The number of nitrogens with one attached hydrogen (secondary N) is 1. The molecular formula is C5H8NSW3Y3. The molecule has 0 bridgehead atoms. The van der Waals surface area contributed by atoms with Crippen LogP contribution in [0, 0.1) is 19.8 Å². The zero-order valence-electron chi connectivity index (χ0n) is 7.28. The van der Waals surface area contributed by atoms with Crippen molar-refractivity contribution in [1.29, 1.82) is 0 Å². The normalized spacial score (nSPS) is 5.46. The fourth-order valence-corrected chi connectivity index (χ4v) is 0.153. The zero-order valence-corrected chi connectivity index (χ0v) is 25.4. The second kappa shape index (κ2) is 43.4. The van der Waals surface area contributed by atoms with Crippen molar-refractivity contribution >= 4 is 12.6 Å². The van der Waals surface area contributed by atoms with Gasteiger partial charge in [-0.25, -0.2) is 6.42 Å². The van der Waals surface area contributed by atoms with Crippen LogP contribution in [0.5, 0.6) is 0 Å². The van der Waals surface area contributed by atoms with E-state index in [1.54, 1.807) is 0 Å². The van der Waals surface area contributed by atoms with Crippen molar-refractivity contribution in [2.45, 2.75) is 6.42 Å². The van der Waals surface area contributed by atoms with Crippen LogP contribution in [0.4, 0.5) is 0 Å². The number of allylic oxidation sites excluding steroid dienone is 1. The number of rotatable bonds is 1. The van der Waals surface area contributed by atoms with Crippen LogP contribution in [0.15, 0.2) is 5.70 Å². The average molecular weight is 932 g/mol. The van der Waals surface area contributed by atoms with E-state index in [2.05, 4.69) is 25.0 Å². The molecule has 0 spiro atoms. The first-order valence-corrected chi connectivity index (χ1v) is 1.97. The number of hydrogen-bond acceptors (Lipinski definition) is 1. The Bertz CT molecular complexity index is 78.0. The third kappa shape index (κ3) is 47.0. The molecule has 0 atom stereocenters. The molecule has 0 fully saturated rings. The summed E-state index contributed by atoms with van der Waals surface area (Å²) >= 11 is 4.26. The number of hydrogen-bond donors (Lipinski definition) is 0. The van der Waals surface area contributed by atoms with Crippen LogP contribution in [0.25, 0.3) is 5.73 Å². The second-order valence-electron chi connectivity index (χ2n) is 0.831. The van der Waals surface area contributed by atoms with Gasteiger partial charge < -0.3 is 43.8 Å². The SMILES string of the molecule is [CH2-]CC([NH-])=[C-][S-].[CH3-].[W+2].[W].[W].[Y+3].[Y].[Y]. The molecule has 1 nitrogen and oxygen atoms in total. The molecule has 0 unspecified atom stereocenters. The maximum Gasteiger partial charge on any atom is 3.00 e. The molecule has 2 radical (unpaired) electrons. The van der Waals surface area contributed by atoms with Crippen LogP contribution in [-0.4, -0.2) is 0 Å². The van der Waals surface area contributed by atoms with Crippen LogP contribution in [0.2, 0.25) is 0 Å². The average Bonchev–Trinajstić information content (AvgIpc) is 1.65. The standard InChI is InChI=1S/C4H5NS.CH3.3W.3Y/c1-2-4(5)3-6;;;;;;;/h5H,1-2H2;1H3;;;;;;/q-4;-1;;;+2;;;+3. The van der Waals surface area contributed by atoms with Crippen LogP contribution < -0.4 is 0 Å². The Morgan fingerprint density at radius 2 is 1.54 bits per heavy atom. The topological polar surface area (TPSA) is 23.8 Å². The van der Waals surface area contributed by atoms with E-state index in [-0.39, 0.29) is 169 Å². The van der Waals surface area contributed by atoms with Gasteiger partial charge in [0.15, 0.2) is 0 Å². The second-order valence-corrected chi connectivity index (χ2v) is 1.03. The van der Waals surface area contributed by atoms with Crippen molar-refractivity contribution < 1.29 is 161 Å². The third-order valence-corrected chi connectivity index (χ3v) is 0.620. The van der Waals surface area contributed by atoms with E-state index >= 15 is 0 Å². The van der Waals surface area contributed by atoms with Gasteiger partial charge in [-0.05, 0) is 0 Å². The molecule has 0 aliphatic rings. The molecule has 0 aromatic carbocycles. The van der Waals surface area contributed by atoms with Crippen molar-refractivity contribution in [3.63, 3.8) is 0 Å². The van der Waals surface area contributed by atoms with Crippen LogP contribution in [-0.2, 0) is 174 Å². The summed E-state index contributed by atoms with van der Waals surface area (Å²) in [6, 6.07) is 0. The van der Waals surface area contributed by atoms with Gasteiger partial charge in [0.05, 0.1) is 0 Å². The van der Waals surface area contributed by atoms with Crippen molar-refractivity contribution in [2.24, 2.45) is 0 Å². The first kappa shape index (κ1) is 51.8. The molecule has 0 aliphatic heterocycles. The van der Waals surface area contributed by atoms with Crippen LogP contribution >= 0.6 is 0 Å². The van der Waals surface area contributed by atoms with E-state index < -0.39 is 0 Å². The van der Waals surface area contributed by atoms with E-state index in [0.29, 0.717) is 12.1 Å². The molecule has 66 valence electrons. The Balaban J connectivity index is -0.00000000595. The molecule has 0 aromatic rings. The summed E-state index contributed by atoms with van der Waals surface area (Å²) in [4.78, 5) is 0. The van der Waals surface area contributed by atoms with Gasteiger partial charge in [0.1, 0.15) is 0 Å². The molecule has 13 heavy (non-hydrogen) atoms. The summed E-state index contributed by atoms with van der Waals surface area (Å²) in [5, 5.41) is 2.22. The van der Waals surface area contributed by atoms with Crippen molar-refractivity contribution in [1.82, 2.24) is 0 Å². The zero-order chi connectivity index (χ0) is 4.99. The molecule has 0 heterocycles. The summed E-state index contributed by atoms with van der Waals surface area (Å²) in [7, 11) is 0. The summed E-state index contributed by atoms with van der Waals surface area (Å²) < 4.78 is 0. The Labute approximate surface area is 206 Å². The summed E-state index contributed by atoms with van der Waals surface area (Å²) in [5.74, 6) is 0. The maximum absolute atomic E-state index is 6.71. The van der Waals surface area contributed by atoms with Gasteiger partial charge >= 0.3 is 53.8 Å². The summed E-state index contributed by atoms with van der Waals surface area (Å²) in [5.41, 5.74) is 7.00. The van der Waals surface area contributed by atoms with Gasteiger partial charge in [0, 0.05) is 108 Å². The van der Waals surface area contributed by atoms with Crippen LogP contribution in [0.1, 0.15) is 6.42 Å². The van der Waals surface area contributed by atoms with Crippen molar-refractivity contribution in [3.05, 3.63) is 31.2 Å². The third-order valence-electron chi connectivity index (χ3n) is 0.373. The minimum atomic E-state index is 0. The van der Waals surface area contributed by atoms with Gasteiger partial charge in [-0.2, -0.15) is 0 Å². The monoisotopic (exact) mass is 933 g/mol. The van der Waals surface area contributed by atoms with E-state index in [1.807, 2.05) is 0 Å². The molecule has 1 N–H and O–H groups in total. The van der Waals surface area contributed by atoms with E-state index in [9.17, 15) is 0 Å². The molecule has 0 saturated carbocycles. The Kier molecular flexibility index (Phi) is 173. The Morgan fingerprint density at radius 3 is 1.54 bits per heavy atom. The molecule has 0 amide bonds. The fraction of sp³-hybridized carbons (Fsp3) is 0.200. The van der Waals surface area contributed by atoms with Gasteiger partial charge in [0.2, 0.25) is 0 Å². The fourth-order valence-electron chi connectivity index (χ4n) is 0.0510. The molecule has 0 aromatic heterocycles.